The highest BCUT2D eigenvalue weighted by molar-refractivity contribution is 9.10. The summed E-state index contributed by atoms with van der Waals surface area (Å²) >= 11 is 15.8. The Morgan fingerprint density at radius 1 is 1.00 bits per heavy atom. The van der Waals surface area contributed by atoms with Crippen LogP contribution in [0.2, 0.25) is 10.0 Å². The number of pyridine rings is 1. The second-order valence-corrected chi connectivity index (χ2v) is 6.06. The summed E-state index contributed by atoms with van der Waals surface area (Å²) in [6.07, 6.45) is 0. The van der Waals surface area contributed by atoms with Crippen LogP contribution in [0, 0.1) is 13.8 Å². The molecule has 0 radical (unpaired) electrons. The number of aromatic nitrogens is 1. The van der Waals surface area contributed by atoms with Crippen molar-refractivity contribution in [2.45, 2.75) is 13.8 Å². The third kappa shape index (κ3) is 3.19. The fraction of sp³-hybridized carbons (Fsp3) is 0.214. The second kappa shape index (κ2) is 6.20. The van der Waals surface area contributed by atoms with Crippen LogP contribution in [-0.2, 0) is 0 Å². The van der Waals surface area contributed by atoms with Gasteiger partial charge in [-0.25, -0.2) is 4.98 Å². The third-order valence-electron chi connectivity index (χ3n) is 2.87. The van der Waals surface area contributed by atoms with Crippen LogP contribution in [0.25, 0.3) is 0 Å². The number of halogens is 3. The first-order chi connectivity index (χ1) is 9.42. The SMILES string of the molecule is CNc1nc(Nc2cc(C)c(Br)c(C)c2)c(Cl)cc1Cl. The highest BCUT2D eigenvalue weighted by atomic mass is 79.9. The van der Waals surface area contributed by atoms with Gasteiger partial charge in [0.1, 0.15) is 5.82 Å². The van der Waals surface area contributed by atoms with Gasteiger partial charge in [0.25, 0.3) is 0 Å². The lowest BCUT2D eigenvalue weighted by Crippen LogP contribution is -2.00. The van der Waals surface area contributed by atoms with Crippen LogP contribution >= 0.6 is 39.1 Å². The fourth-order valence-electron chi connectivity index (χ4n) is 1.88. The lowest BCUT2D eigenvalue weighted by Gasteiger charge is -2.13. The first-order valence-electron chi connectivity index (χ1n) is 6.00. The van der Waals surface area contributed by atoms with Crippen LogP contribution < -0.4 is 10.6 Å². The molecule has 0 bridgehead atoms. The van der Waals surface area contributed by atoms with Crippen LogP contribution in [-0.4, -0.2) is 12.0 Å². The highest BCUT2D eigenvalue weighted by Gasteiger charge is 2.10. The Hall–Kier alpha value is -0.970. The predicted octanol–water partition coefficient (Wildman–Crippen LogP) is 5.55. The van der Waals surface area contributed by atoms with E-state index in [1.165, 1.54) is 0 Å². The van der Waals surface area contributed by atoms with Crippen molar-refractivity contribution in [3.05, 3.63) is 43.8 Å². The largest absolute Gasteiger partial charge is 0.372 e. The van der Waals surface area contributed by atoms with Gasteiger partial charge in [-0.05, 0) is 43.2 Å². The molecule has 20 heavy (non-hydrogen) atoms. The molecule has 2 aromatic rings. The topological polar surface area (TPSA) is 37.0 Å². The van der Waals surface area contributed by atoms with Crippen molar-refractivity contribution in [1.29, 1.82) is 0 Å². The first-order valence-corrected chi connectivity index (χ1v) is 7.55. The second-order valence-electron chi connectivity index (χ2n) is 4.45. The summed E-state index contributed by atoms with van der Waals surface area (Å²) in [6.45, 7) is 4.08. The lowest BCUT2D eigenvalue weighted by molar-refractivity contribution is 1.26. The van der Waals surface area contributed by atoms with E-state index in [0.29, 0.717) is 21.7 Å². The molecule has 0 saturated heterocycles. The van der Waals surface area contributed by atoms with Gasteiger partial charge >= 0.3 is 0 Å². The van der Waals surface area contributed by atoms with Gasteiger partial charge in [-0.3, -0.25) is 0 Å². The van der Waals surface area contributed by atoms with Gasteiger partial charge in [0, 0.05) is 17.2 Å². The van der Waals surface area contributed by atoms with Crippen molar-refractivity contribution >= 4 is 56.5 Å². The zero-order chi connectivity index (χ0) is 14.9. The molecule has 6 heteroatoms. The molecule has 0 atom stereocenters. The van der Waals surface area contributed by atoms with E-state index in [-0.39, 0.29) is 0 Å². The quantitative estimate of drug-likeness (QED) is 0.739. The summed E-state index contributed by atoms with van der Waals surface area (Å²) in [5.74, 6) is 1.16. The van der Waals surface area contributed by atoms with Gasteiger partial charge in [0.05, 0.1) is 10.0 Å². The normalized spacial score (nSPS) is 10.5. The summed E-state index contributed by atoms with van der Waals surface area (Å²) in [5, 5.41) is 7.12. The predicted molar refractivity (Wildman–Crippen MR) is 90.7 cm³/mol. The summed E-state index contributed by atoms with van der Waals surface area (Å²) in [7, 11) is 1.76. The van der Waals surface area contributed by atoms with Crippen molar-refractivity contribution in [3.8, 4) is 0 Å². The van der Waals surface area contributed by atoms with Crippen LogP contribution in [0.3, 0.4) is 0 Å². The summed E-state index contributed by atoms with van der Waals surface area (Å²) in [4.78, 5) is 4.37. The molecule has 0 amide bonds. The highest BCUT2D eigenvalue weighted by Crippen LogP contribution is 2.32. The zero-order valence-electron chi connectivity index (χ0n) is 11.3. The van der Waals surface area contributed by atoms with E-state index < -0.39 is 0 Å². The van der Waals surface area contributed by atoms with E-state index >= 15 is 0 Å². The molecule has 1 aromatic carbocycles. The minimum atomic E-state index is 0.479. The van der Waals surface area contributed by atoms with E-state index in [4.69, 9.17) is 23.2 Å². The molecule has 0 unspecified atom stereocenters. The maximum atomic E-state index is 6.17. The van der Waals surface area contributed by atoms with Crippen molar-refractivity contribution < 1.29 is 0 Å². The van der Waals surface area contributed by atoms with E-state index in [2.05, 4.69) is 31.5 Å². The number of anilines is 3. The van der Waals surface area contributed by atoms with Gasteiger partial charge in [-0.1, -0.05) is 39.1 Å². The van der Waals surface area contributed by atoms with Gasteiger partial charge in [-0.2, -0.15) is 0 Å². The van der Waals surface area contributed by atoms with Crippen LogP contribution in [0.5, 0.6) is 0 Å². The Kier molecular flexibility index (Phi) is 4.78. The van der Waals surface area contributed by atoms with Gasteiger partial charge < -0.3 is 10.6 Å². The number of hydrogen-bond donors (Lipinski definition) is 2. The molecule has 3 nitrogen and oxygen atoms in total. The van der Waals surface area contributed by atoms with E-state index in [0.717, 1.165) is 21.3 Å². The van der Waals surface area contributed by atoms with E-state index in [1.807, 2.05) is 26.0 Å². The number of nitrogens with zero attached hydrogens (tertiary/aromatic N) is 1. The standard InChI is InChI=1S/C14H14BrCl2N3/c1-7-4-9(5-8(2)12(7)15)19-14-11(17)6-10(16)13(18-3)20-14/h4-6H,1-3H3,(H2,18,19,20). The molecule has 1 aromatic heterocycles. The molecule has 2 N–H and O–H groups in total. The van der Waals surface area contributed by atoms with Crippen LogP contribution in [0.4, 0.5) is 17.3 Å². The number of benzene rings is 1. The Balaban J connectivity index is 2.39. The molecular formula is C14H14BrCl2N3. The molecule has 0 aliphatic carbocycles. The van der Waals surface area contributed by atoms with E-state index in [1.54, 1.807) is 13.1 Å². The summed E-state index contributed by atoms with van der Waals surface area (Å²) < 4.78 is 1.11. The fourth-order valence-corrected chi connectivity index (χ4v) is 2.61. The molecule has 2 rings (SSSR count). The summed E-state index contributed by atoms with van der Waals surface area (Å²) in [5.41, 5.74) is 3.22. The molecule has 0 spiro atoms. The summed E-state index contributed by atoms with van der Waals surface area (Å²) in [6, 6.07) is 5.73. The Labute approximate surface area is 136 Å². The molecule has 0 fully saturated rings. The Morgan fingerprint density at radius 2 is 1.55 bits per heavy atom. The first kappa shape index (κ1) is 15.4. The number of aryl methyl sites for hydroxylation is 2. The molecule has 0 aliphatic heterocycles. The smallest absolute Gasteiger partial charge is 0.151 e. The van der Waals surface area contributed by atoms with Crippen molar-refractivity contribution in [1.82, 2.24) is 4.98 Å². The minimum absolute atomic E-state index is 0.479. The van der Waals surface area contributed by atoms with Crippen molar-refractivity contribution in [2.75, 3.05) is 17.7 Å². The molecule has 0 saturated carbocycles. The molecular weight excluding hydrogens is 361 g/mol. The average molecular weight is 375 g/mol. The minimum Gasteiger partial charge on any atom is -0.372 e. The molecule has 0 aliphatic rings. The monoisotopic (exact) mass is 373 g/mol. The molecule has 106 valence electrons. The van der Waals surface area contributed by atoms with Crippen molar-refractivity contribution in [2.24, 2.45) is 0 Å². The maximum absolute atomic E-state index is 6.17. The third-order valence-corrected chi connectivity index (χ3v) is 4.69. The van der Waals surface area contributed by atoms with Crippen molar-refractivity contribution in [3.63, 3.8) is 0 Å². The van der Waals surface area contributed by atoms with Crippen LogP contribution in [0.15, 0.2) is 22.7 Å². The number of hydrogen-bond acceptors (Lipinski definition) is 3. The zero-order valence-corrected chi connectivity index (χ0v) is 14.4. The maximum Gasteiger partial charge on any atom is 0.151 e. The Morgan fingerprint density at radius 3 is 2.10 bits per heavy atom. The van der Waals surface area contributed by atoms with Gasteiger partial charge in [-0.15, -0.1) is 0 Å². The molecule has 1 heterocycles. The number of rotatable bonds is 3. The number of nitrogens with one attached hydrogen (secondary N) is 2. The van der Waals surface area contributed by atoms with Gasteiger partial charge in [0.15, 0.2) is 5.82 Å². The van der Waals surface area contributed by atoms with Gasteiger partial charge in [0.2, 0.25) is 0 Å². The Bertz CT molecular complexity index is 636. The van der Waals surface area contributed by atoms with Crippen LogP contribution in [0.1, 0.15) is 11.1 Å². The van der Waals surface area contributed by atoms with E-state index in [9.17, 15) is 0 Å². The average Bonchev–Trinajstić information content (AvgIpc) is 2.39. The lowest BCUT2D eigenvalue weighted by atomic mass is 10.1.